The van der Waals surface area contributed by atoms with E-state index < -0.39 is 5.97 Å². The minimum Gasteiger partial charge on any atom is -0.478 e. The molecule has 1 aliphatic rings. The highest BCUT2D eigenvalue weighted by atomic mass is 35.5. The van der Waals surface area contributed by atoms with E-state index in [9.17, 15) is 9.90 Å². The van der Waals surface area contributed by atoms with Crippen molar-refractivity contribution in [3.63, 3.8) is 0 Å². The van der Waals surface area contributed by atoms with Gasteiger partial charge in [0.25, 0.3) is 0 Å². The third-order valence-electron chi connectivity index (χ3n) is 3.78. The molecule has 5 heteroatoms. The van der Waals surface area contributed by atoms with Crippen LogP contribution in [0.5, 0.6) is 0 Å². The fourth-order valence-corrected chi connectivity index (χ4v) is 2.63. The van der Waals surface area contributed by atoms with Crippen molar-refractivity contribution in [2.75, 3.05) is 18.9 Å². The number of nitrogens with zero attached hydrogens (tertiary/aromatic N) is 1. The summed E-state index contributed by atoms with van der Waals surface area (Å²) >= 11 is 5.85. The van der Waals surface area contributed by atoms with Crippen molar-refractivity contribution >= 4 is 23.3 Å². The Balaban J connectivity index is 2.13. The van der Waals surface area contributed by atoms with E-state index in [4.69, 9.17) is 11.6 Å². The average molecular weight is 283 g/mol. The van der Waals surface area contributed by atoms with Gasteiger partial charge in [-0.1, -0.05) is 11.6 Å². The molecule has 0 aromatic heterocycles. The fourth-order valence-electron chi connectivity index (χ4n) is 2.46. The molecule has 1 aliphatic heterocycles. The molecule has 2 rings (SSSR count). The third-order valence-corrected chi connectivity index (χ3v) is 4.02. The molecular formula is C14H19ClN2O2. The molecule has 0 amide bonds. The minimum absolute atomic E-state index is 0.235. The van der Waals surface area contributed by atoms with Gasteiger partial charge in [0.05, 0.1) is 5.56 Å². The van der Waals surface area contributed by atoms with Gasteiger partial charge in [0.2, 0.25) is 0 Å². The molecule has 2 atom stereocenters. The van der Waals surface area contributed by atoms with Crippen molar-refractivity contribution in [2.45, 2.75) is 31.8 Å². The number of nitrogens with one attached hydrogen (secondary N) is 1. The van der Waals surface area contributed by atoms with Crippen LogP contribution in [0.4, 0.5) is 5.69 Å². The van der Waals surface area contributed by atoms with Gasteiger partial charge in [0.1, 0.15) is 0 Å². The second kappa shape index (κ2) is 5.80. The summed E-state index contributed by atoms with van der Waals surface area (Å²) in [6.07, 6.45) is 2.03. The number of rotatable bonds is 3. The van der Waals surface area contributed by atoms with Crippen LogP contribution >= 0.6 is 11.6 Å². The molecule has 4 nitrogen and oxygen atoms in total. The van der Waals surface area contributed by atoms with E-state index in [1.165, 1.54) is 6.07 Å². The number of halogens is 1. The summed E-state index contributed by atoms with van der Waals surface area (Å²) in [7, 11) is 2.12. The second-order valence-corrected chi connectivity index (χ2v) is 5.63. The maximum absolute atomic E-state index is 11.2. The van der Waals surface area contributed by atoms with Crippen molar-refractivity contribution in [3.8, 4) is 0 Å². The molecule has 0 radical (unpaired) electrons. The van der Waals surface area contributed by atoms with Crippen LogP contribution in [-0.4, -0.2) is 41.7 Å². The molecule has 0 saturated carbocycles. The lowest BCUT2D eigenvalue weighted by Gasteiger charge is -2.36. The van der Waals surface area contributed by atoms with Crippen molar-refractivity contribution < 1.29 is 9.90 Å². The summed E-state index contributed by atoms with van der Waals surface area (Å²) in [5.41, 5.74) is 0.887. The Morgan fingerprint density at radius 1 is 1.53 bits per heavy atom. The zero-order valence-corrected chi connectivity index (χ0v) is 11.9. The number of anilines is 1. The van der Waals surface area contributed by atoms with Gasteiger partial charge in [0, 0.05) is 29.3 Å². The van der Waals surface area contributed by atoms with E-state index >= 15 is 0 Å². The van der Waals surface area contributed by atoms with Crippen LogP contribution in [0.15, 0.2) is 18.2 Å². The largest absolute Gasteiger partial charge is 0.478 e. The van der Waals surface area contributed by atoms with Crippen molar-refractivity contribution in [1.82, 2.24) is 4.90 Å². The molecule has 2 unspecified atom stereocenters. The Labute approximate surface area is 118 Å². The van der Waals surface area contributed by atoms with Gasteiger partial charge >= 0.3 is 5.97 Å². The van der Waals surface area contributed by atoms with Gasteiger partial charge in [-0.2, -0.15) is 0 Å². The summed E-state index contributed by atoms with van der Waals surface area (Å²) in [5.74, 6) is -0.953. The summed E-state index contributed by atoms with van der Waals surface area (Å²) in [6.45, 7) is 3.21. The summed E-state index contributed by atoms with van der Waals surface area (Å²) in [4.78, 5) is 13.5. The lowest BCUT2D eigenvalue weighted by atomic mass is 9.98. The van der Waals surface area contributed by atoms with E-state index in [0.717, 1.165) is 19.4 Å². The molecular weight excluding hydrogens is 264 g/mol. The predicted molar refractivity (Wildman–Crippen MR) is 77.1 cm³/mol. The topological polar surface area (TPSA) is 52.6 Å². The van der Waals surface area contributed by atoms with Crippen LogP contribution in [-0.2, 0) is 0 Å². The monoisotopic (exact) mass is 282 g/mol. The van der Waals surface area contributed by atoms with E-state index in [1.54, 1.807) is 12.1 Å². The number of piperidine rings is 1. The van der Waals surface area contributed by atoms with E-state index in [0.29, 0.717) is 22.8 Å². The van der Waals surface area contributed by atoms with Gasteiger partial charge in [-0.3, -0.25) is 0 Å². The SMILES string of the molecule is CC1CC(Nc2ccc(Cl)cc2C(=O)O)CCN1C. The number of likely N-dealkylation sites (tertiary alicyclic amines) is 1. The first-order valence-electron chi connectivity index (χ1n) is 6.47. The number of hydrogen-bond acceptors (Lipinski definition) is 3. The average Bonchev–Trinajstić information content (AvgIpc) is 2.36. The quantitative estimate of drug-likeness (QED) is 0.895. The van der Waals surface area contributed by atoms with Gasteiger partial charge in [0.15, 0.2) is 0 Å². The van der Waals surface area contributed by atoms with Crippen molar-refractivity contribution in [1.29, 1.82) is 0 Å². The fraction of sp³-hybridized carbons (Fsp3) is 0.500. The lowest BCUT2D eigenvalue weighted by Crippen LogP contribution is -2.42. The minimum atomic E-state index is -0.953. The number of aromatic carboxylic acids is 1. The molecule has 1 saturated heterocycles. The molecule has 0 bridgehead atoms. The van der Waals surface area contributed by atoms with E-state index in [2.05, 4.69) is 24.2 Å². The first kappa shape index (κ1) is 14.2. The Hall–Kier alpha value is -1.26. The Morgan fingerprint density at radius 3 is 2.89 bits per heavy atom. The Kier molecular flexibility index (Phi) is 4.32. The maximum Gasteiger partial charge on any atom is 0.337 e. The van der Waals surface area contributed by atoms with Gasteiger partial charge < -0.3 is 15.3 Å². The number of hydrogen-bond donors (Lipinski definition) is 2. The molecule has 0 spiro atoms. The van der Waals surface area contributed by atoms with Crippen molar-refractivity contribution in [3.05, 3.63) is 28.8 Å². The zero-order chi connectivity index (χ0) is 14.0. The Morgan fingerprint density at radius 2 is 2.26 bits per heavy atom. The van der Waals surface area contributed by atoms with E-state index in [1.807, 2.05) is 0 Å². The van der Waals surface area contributed by atoms with Gasteiger partial charge in [-0.05, 0) is 45.0 Å². The number of carboxylic acids is 1. The molecule has 104 valence electrons. The molecule has 19 heavy (non-hydrogen) atoms. The first-order chi connectivity index (χ1) is 8.97. The number of carbonyl (C=O) groups is 1. The maximum atomic E-state index is 11.2. The molecule has 1 fully saturated rings. The van der Waals surface area contributed by atoms with Gasteiger partial charge in [-0.15, -0.1) is 0 Å². The highest BCUT2D eigenvalue weighted by Crippen LogP contribution is 2.25. The number of carboxylic acid groups (broad SMARTS) is 1. The van der Waals surface area contributed by atoms with Crippen LogP contribution < -0.4 is 5.32 Å². The molecule has 0 aliphatic carbocycles. The highest BCUT2D eigenvalue weighted by molar-refractivity contribution is 6.31. The molecule has 1 heterocycles. The molecule has 1 aromatic carbocycles. The van der Waals surface area contributed by atoms with E-state index in [-0.39, 0.29) is 5.56 Å². The highest BCUT2D eigenvalue weighted by Gasteiger charge is 2.23. The number of benzene rings is 1. The molecule has 1 aromatic rings. The van der Waals surface area contributed by atoms with Crippen LogP contribution in [0.2, 0.25) is 5.02 Å². The lowest BCUT2D eigenvalue weighted by molar-refractivity contribution is 0.0698. The summed E-state index contributed by atoms with van der Waals surface area (Å²) in [6, 6.07) is 5.77. The third kappa shape index (κ3) is 3.39. The summed E-state index contributed by atoms with van der Waals surface area (Å²) < 4.78 is 0. The van der Waals surface area contributed by atoms with Crippen LogP contribution in [0.1, 0.15) is 30.1 Å². The first-order valence-corrected chi connectivity index (χ1v) is 6.85. The van der Waals surface area contributed by atoms with Crippen LogP contribution in [0.3, 0.4) is 0 Å². The predicted octanol–water partition coefficient (Wildman–Crippen LogP) is 2.93. The smallest absolute Gasteiger partial charge is 0.337 e. The normalized spacial score (nSPS) is 24.2. The van der Waals surface area contributed by atoms with Crippen LogP contribution in [0.25, 0.3) is 0 Å². The van der Waals surface area contributed by atoms with Crippen molar-refractivity contribution in [2.24, 2.45) is 0 Å². The zero-order valence-electron chi connectivity index (χ0n) is 11.2. The summed E-state index contributed by atoms with van der Waals surface area (Å²) in [5, 5.41) is 13.0. The van der Waals surface area contributed by atoms with Crippen LogP contribution in [0, 0.1) is 0 Å². The van der Waals surface area contributed by atoms with Gasteiger partial charge in [-0.25, -0.2) is 4.79 Å². The standard InChI is InChI=1S/C14H19ClN2O2/c1-9-7-11(5-6-17(9)2)16-13-4-3-10(15)8-12(13)14(18)19/h3-4,8-9,11,16H,5-7H2,1-2H3,(H,18,19). The molecule has 2 N–H and O–H groups in total. The Bertz CT molecular complexity index is 479. The second-order valence-electron chi connectivity index (χ2n) is 5.19.